The predicted octanol–water partition coefficient (Wildman–Crippen LogP) is 4.66. The summed E-state index contributed by atoms with van der Waals surface area (Å²) in [5.74, 6) is -0.320. The van der Waals surface area contributed by atoms with Crippen LogP contribution in [0.4, 0.5) is 5.00 Å². The lowest BCUT2D eigenvalue weighted by Crippen LogP contribution is -2.25. The van der Waals surface area contributed by atoms with E-state index in [1.54, 1.807) is 54.8 Å². The number of halogens is 1. The van der Waals surface area contributed by atoms with Crippen molar-refractivity contribution in [1.29, 1.82) is 0 Å². The van der Waals surface area contributed by atoms with Gasteiger partial charge in [0.25, 0.3) is 11.5 Å². The number of anilines is 1. The van der Waals surface area contributed by atoms with E-state index >= 15 is 0 Å². The number of hydrogen-bond donors (Lipinski definition) is 1. The van der Waals surface area contributed by atoms with Crippen molar-refractivity contribution in [3.63, 3.8) is 0 Å². The monoisotopic (exact) mass is 557 g/mol. The van der Waals surface area contributed by atoms with Gasteiger partial charge in [0.05, 0.1) is 37.5 Å². The van der Waals surface area contributed by atoms with Gasteiger partial charge in [-0.25, -0.2) is 4.79 Å². The number of methoxy groups -OCH3 is 2. The number of amides is 1. The van der Waals surface area contributed by atoms with E-state index in [4.69, 9.17) is 14.2 Å². The summed E-state index contributed by atoms with van der Waals surface area (Å²) in [6.07, 6.45) is 0. The van der Waals surface area contributed by atoms with Gasteiger partial charge in [-0.15, -0.1) is 11.3 Å². The zero-order chi connectivity index (χ0) is 25.1. The number of rotatable bonds is 7. The van der Waals surface area contributed by atoms with E-state index in [1.807, 2.05) is 0 Å². The second kappa shape index (κ2) is 10.3. The van der Waals surface area contributed by atoms with Crippen LogP contribution < -0.4 is 20.3 Å². The summed E-state index contributed by atoms with van der Waals surface area (Å²) in [5.41, 5.74) is 0.186. The predicted molar refractivity (Wildman–Crippen MR) is 136 cm³/mol. The van der Waals surface area contributed by atoms with Crippen LogP contribution in [0.2, 0.25) is 0 Å². The van der Waals surface area contributed by atoms with Crippen molar-refractivity contribution in [2.45, 2.75) is 6.92 Å². The van der Waals surface area contributed by atoms with E-state index in [9.17, 15) is 14.4 Å². The highest BCUT2D eigenvalue weighted by molar-refractivity contribution is 9.10. The molecule has 0 spiro atoms. The average molecular weight is 558 g/mol. The second-order valence-corrected chi connectivity index (χ2v) is 8.93. The molecule has 0 unspecified atom stereocenters. The number of ether oxygens (including phenoxy) is 3. The maximum absolute atomic E-state index is 13.5. The molecule has 0 aliphatic heterocycles. The zero-order valence-electron chi connectivity index (χ0n) is 19.0. The molecule has 180 valence electrons. The van der Waals surface area contributed by atoms with Crippen LogP contribution in [0.5, 0.6) is 11.5 Å². The van der Waals surface area contributed by atoms with Gasteiger partial charge in [0.15, 0.2) is 5.69 Å². The molecular weight excluding hydrogens is 538 g/mol. The number of esters is 1. The van der Waals surface area contributed by atoms with Crippen LogP contribution in [0.3, 0.4) is 0 Å². The molecule has 0 atom stereocenters. The van der Waals surface area contributed by atoms with Crippen molar-refractivity contribution in [3.05, 3.63) is 73.9 Å². The molecule has 0 bridgehead atoms. The first kappa shape index (κ1) is 24.4. The van der Waals surface area contributed by atoms with Crippen molar-refractivity contribution in [3.8, 4) is 17.2 Å². The first-order valence-electron chi connectivity index (χ1n) is 10.4. The van der Waals surface area contributed by atoms with Crippen LogP contribution in [0.1, 0.15) is 27.8 Å². The zero-order valence-corrected chi connectivity index (χ0v) is 21.4. The maximum atomic E-state index is 13.5. The summed E-state index contributed by atoms with van der Waals surface area (Å²) in [7, 11) is 2.96. The molecule has 1 N–H and O–H groups in total. The van der Waals surface area contributed by atoms with Gasteiger partial charge in [-0.05, 0) is 43.3 Å². The number of hydrogen-bond acceptors (Lipinski definition) is 8. The minimum atomic E-state index is -0.670. The Labute approximate surface area is 212 Å². The van der Waals surface area contributed by atoms with Crippen molar-refractivity contribution in [1.82, 2.24) is 9.78 Å². The number of aromatic nitrogens is 2. The van der Waals surface area contributed by atoms with Crippen LogP contribution >= 0.6 is 27.3 Å². The molecule has 0 saturated carbocycles. The van der Waals surface area contributed by atoms with Crippen LogP contribution in [0.25, 0.3) is 16.5 Å². The van der Waals surface area contributed by atoms with Gasteiger partial charge in [-0.3, -0.25) is 9.59 Å². The van der Waals surface area contributed by atoms with Gasteiger partial charge in [0, 0.05) is 21.3 Å². The number of carbonyl (C=O) groups excluding carboxylic acids is 2. The molecule has 4 rings (SSSR count). The van der Waals surface area contributed by atoms with Gasteiger partial charge in [0.2, 0.25) is 0 Å². The molecule has 0 fully saturated rings. The lowest BCUT2D eigenvalue weighted by Gasteiger charge is -2.11. The number of nitrogens with one attached hydrogen (secondary N) is 1. The Hall–Kier alpha value is -3.70. The summed E-state index contributed by atoms with van der Waals surface area (Å²) in [6.45, 7) is 1.83. The third-order valence-electron chi connectivity index (χ3n) is 5.07. The van der Waals surface area contributed by atoms with Gasteiger partial charge in [-0.1, -0.05) is 15.9 Å². The van der Waals surface area contributed by atoms with E-state index in [0.717, 1.165) is 20.5 Å². The SMILES string of the molecule is CCOC(=O)c1nn(-c2ccc(Br)cc2)c(=O)c2c(NC(=O)c3ccc(OC)cc3OC)scc12. The van der Waals surface area contributed by atoms with Gasteiger partial charge >= 0.3 is 5.97 Å². The molecule has 0 radical (unpaired) electrons. The molecule has 4 aromatic rings. The molecular formula is C24H20BrN3O6S. The Morgan fingerprint density at radius 3 is 2.51 bits per heavy atom. The molecule has 1 amide bonds. The molecule has 2 heterocycles. The van der Waals surface area contributed by atoms with Crippen LogP contribution in [-0.2, 0) is 4.74 Å². The minimum absolute atomic E-state index is 0.0249. The first-order chi connectivity index (χ1) is 16.9. The van der Waals surface area contributed by atoms with Crippen LogP contribution in [0, 0.1) is 0 Å². The van der Waals surface area contributed by atoms with E-state index in [-0.39, 0.29) is 28.3 Å². The molecule has 0 saturated heterocycles. The second-order valence-electron chi connectivity index (χ2n) is 7.14. The van der Waals surface area contributed by atoms with Crippen molar-refractivity contribution in [2.75, 3.05) is 26.1 Å². The summed E-state index contributed by atoms with van der Waals surface area (Å²) in [4.78, 5) is 39.3. The Balaban J connectivity index is 1.85. The molecule has 2 aromatic heterocycles. The largest absolute Gasteiger partial charge is 0.497 e. The summed E-state index contributed by atoms with van der Waals surface area (Å²) >= 11 is 4.48. The van der Waals surface area contributed by atoms with Crippen LogP contribution in [0.15, 0.2) is 57.1 Å². The lowest BCUT2D eigenvalue weighted by molar-refractivity contribution is 0.0520. The molecule has 9 nitrogen and oxygen atoms in total. The number of thiophene rings is 1. The summed E-state index contributed by atoms with van der Waals surface area (Å²) in [6, 6.07) is 11.7. The number of nitrogens with zero attached hydrogens (tertiary/aromatic N) is 2. The molecule has 2 aromatic carbocycles. The third-order valence-corrected chi connectivity index (χ3v) is 6.50. The number of carbonyl (C=O) groups is 2. The topological polar surface area (TPSA) is 109 Å². The van der Waals surface area contributed by atoms with Crippen molar-refractivity contribution < 1.29 is 23.8 Å². The fraction of sp³-hybridized carbons (Fsp3) is 0.167. The summed E-state index contributed by atoms with van der Waals surface area (Å²) < 4.78 is 17.6. The van der Waals surface area contributed by atoms with E-state index in [1.165, 1.54) is 14.2 Å². The first-order valence-corrected chi connectivity index (χ1v) is 12.1. The van der Waals surface area contributed by atoms with Gasteiger partial charge in [0.1, 0.15) is 16.5 Å². The highest BCUT2D eigenvalue weighted by Crippen LogP contribution is 2.32. The number of fused-ring (bicyclic) bond motifs is 1. The molecule has 0 aliphatic carbocycles. The quantitative estimate of drug-likeness (QED) is 0.329. The third kappa shape index (κ3) is 4.77. The van der Waals surface area contributed by atoms with Gasteiger partial charge < -0.3 is 19.5 Å². The van der Waals surface area contributed by atoms with Crippen LogP contribution in [-0.4, -0.2) is 42.5 Å². The lowest BCUT2D eigenvalue weighted by atomic mass is 10.1. The van der Waals surface area contributed by atoms with Gasteiger partial charge in [-0.2, -0.15) is 9.78 Å². The Bertz CT molecular complexity index is 1480. The highest BCUT2D eigenvalue weighted by atomic mass is 79.9. The van der Waals surface area contributed by atoms with E-state index in [0.29, 0.717) is 22.6 Å². The van der Waals surface area contributed by atoms with Crippen molar-refractivity contribution >= 4 is 54.9 Å². The normalized spacial score (nSPS) is 10.7. The van der Waals surface area contributed by atoms with E-state index < -0.39 is 17.4 Å². The smallest absolute Gasteiger partial charge is 0.359 e. The Morgan fingerprint density at radius 1 is 1.11 bits per heavy atom. The standard InChI is InChI=1S/C24H20BrN3O6S/c1-4-34-24(31)20-17-12-35-22(26-21(29)16-10-9-15(32-2)11-18(16)33-3)19(17)23(30)28(27-20)14-7-5-13(25)6-8-14/h5-12H,4H2,1-3H3,(H,26,29). The molecule has 35 heavy (non-hydrogen) atoms. The highest BCUT2D eigenvalue weighted by Gasteiger charge is 2.24. The molecule has 11 heteroatoms. The molecule has 0 aliphatic rings. The Kier molecular flexibility index (Phi) is 7.17. The fourth-order valence-electron chi connectivity index (χ4n) is 3.41. The fourth-order valence-corrected chi connectivity index (χ4v) is 4.60. The average Bonchev–Trinajstić information content (AvgIpc) is 3.28. The Morgan fingerprint density at radius 2 is 1.86 bits per heavy atom. The summed E-state index contributed by atoms with van der Waals surface area (Å²) in [5, 5.41) is 9.38. The van der Waals surface area contributed by atoms with Crippen molar-refractivity contribution in [2.24, 2.45) is 0 Å². The number of benzene rings is 2. The maximum Gasteiger partial charge on any atom is 0.359 e. The minimum Gasteiger partial charge on any atom is -0.497 e. The van der Waals surface area contributed by atoms with E-state index in [2.05, 4.69) is 26.3 Å².